The zero-order valence-electron chi connectivity index (χ0n) is 20.9. The van der Waals surface area contributed by atoms with E-state index in [1.807, 2.05) is 0 Å². The molecule has 2 saturated heterocycles. The summed E-state index contributed by atoms with van der Waals surface area (Å²) in [6.07, 6.45) is -9.45. The number of likely N-dealkylation sites (tertiary alicyclic amines) is 1. The van der Waals surface area contributed by atoms with E-state index >= 15 is 0 Å². The molecule has 2 heterocycles. The van der Waals surface area contributed by atoms with Crippen LogP contribution in [0.2, 0.25) is 0 Å². The molecule has 7 nitrogen and oxygen atoms in total. The van der Waals surface area contributed by atoms with Gasteiger partial charge in [-0.05, 0) is 44.0 Å². The predicted molar refractivity (Wildman–Crippen MR) is 126 cm³/mol. The Morgan fingerprint density at radius 3 is 2.25 bits per heavy atom. The van der Waals surface area contributed by atoms with Crippen molar-refractivity contribution in [1.82, 2.24) is 10.2 Å². The zero-order chi connectivity index (χ0) is 29.4. The Kier molecular flexibility index (Phi) is 8.11. The van der Waals surface area contributed by atoms with Gasteiger partial charge in [-0.2, -0.15) is 26.3 Å². The summed E-state index contributed by atoms with van der Waals surface area (Å²) in [5.74, 6) is -5.43. The van der Waals surface area contributed by atoms with Crippen LogP contribution >= 0.6 is 0 Å². The van der Waals surface area contributed by atoms with Crippen molar-refractivity contribution in [2.45, 2.75) is 50.2 Å². The maximum absolute atomic E-state index is 14.8. The molecule has 2 fully saturated rings. The Bertz CT molecular complexity index is 1290. The Balaban J connectivity index is 1.58. The van der Waals surface area contributed by atoms with Crippen LogP contribution in [0.5, 0.6) is 0 Å². The highest BCUT2D eigenvalue weighted by molar-refractivity contribution is 6.06. The van der Waals surface area contributed by atoms with Crippen LogP contribution < -0.4 is 10.6 Å². The number of alkyl halides is 6. The molecule has 2 aromatic carbocycles. The molecule has 3 atom stereocenters. The molecular formula is C26H24F7N3O4. The van der Waals surface area contributed by atoms with Crippen LogP contribution in [0.15, 0.2) is 42.5 Å². The first-order chi connectivity index (χ1) is 18.7. The standard InChI is InChI=1S/C26H24F7N3O4/c1-13-6-9-20(36(13)23(38)17-4-2-3-5-19(17)34-24(39)26(31,32)33)22(37)35-21(14-11-40-12-14)16-8-7-15(10-18(16)27)25(28,29)30/h2-5,7-8,10,13-14,20-21H,6,9,11-12H2,1H3,(H,34,39)(H,35,37)/t13-,20-,21-/m1/s1. The second-order valence-electron chi connectivity index (χ2n) is 9.67. The van der Waals surface area contributed by atoms with Crippen molar-refractivity contribution in [3.05, 3.63) is 65.0 Å². The molecular weight excluding hydrogens is 551 g/mol. The van der Waals surface area contributed by atoms with Crippen molar-refractivity contribution in [3.63, 3.8) is 0 Å². The number of nitrogens with one attached hydrogen (secondary N) is 2. The van der Waals surface area contributed by atoms with Crippen molar-refractivity contribution >= 4 is 23.4 Å². The van der Waals surface area contributed by atoms with E-state index in [1.54, 1.807) is 12.2 Å². The highest BCUT2D eigenvalue weighted by atomic mass is 19.4. The number of hydrogen-bond donors (Lipinski definition) is 2. The topological polar surface area (TPSA) is 87.7 Å². The first kappa shape index (κ1) is 29.3. The minimum absolute atomic E-state index is 0.113. The molecule has 14 heteroatoms. The molecule has 0 radical (unpaired) electrons. The predicted octanol–water partition coefficient (Wildman–Crippen LogP) is 4.84. The van der Waals surface area contributed by atoms with Gasteiger partial charge < -0.3 is 20.3 Å². The summed E-state index contributed by atoms with van der Waals surface area (Å²) in [7, 11) is 0. The molecule has 2 N–H and O–H groups in total. The molecule has 3 amide bonds. The largest absolute Gasteiger partial charge is 0.471 e. The van der Waals surface area contributed by atoms with Crippen molar-refractivity contribution in [1.29, 1.82) is 0 Å². The van der Waals surface area contributed by atoms with Gasteiger partial charge in [0.05, 0.1) is 36.1 Å². The minimum atomic E-state index is -5.20. The van der Waals surface area contributed by atoms with Crippen molar-refractivity contribution in [2.24, 2.45) is 5.92 Å². The summed E-state index contributed by atoms with van der Waals surface area (Å²) in [6.45, 7) is 1.86. The third kappa shape index (κ3) is 6.06. The third-order valence-electron chi connectivity index (χ3n) is 6.96. The quantitative estimate of drug-likeness (QED) is 0.483. The molecule has 4 rings (SSSR count). The number of carbonyl (C=O) groups is 3. The van der Waals surface area contributed by atoms with Crippen molar-refractivity contribution in [3.8, 4) is 0 Å². The first-order valence-electron chi connectivity index (χ1n) is 12.2. The molecule has 0 unspecified atom stereocenters. The SMILES string of the molecule is C[C@@H]1CC[C@H](C(=O)N[C@@H](c2ccc(C(F)(F)F)cc2F)C2COC2)N1C(=O)c1ccccc1NC(=O)C(F)(F)F. The average Bonchev–Trinajstić information content (AvgIpc) is 3.22. The van der Waals surface area contributed by atoms with E-state index in [0.29, 0.717) is 18.6 Å². The fourth-order valence-corrected chi connectivity index (χ4v) is 4.80. The number of nitrogens with zero attached hydrogens (tertiary/aromatic N) is 1. The van der Waals surface area contributed by atoms with Gasteiger partial charge in [-0.3, -0.25) is 14.4 Å². The van der Waals surface area contributed by atoms with Gasteiger partial charge in [-0.25, -0.2) is 4.39 Å². The summed E-state index contributed by atoms with van der Waals surface area (Å²) in [5.41, 5.74) is -2.05. The molecule has 0 spiro atoms. The summed E-state index contributed by atoms with van der Waals surface area (Å²) in [4.78, 5) is 39.6. The van der Waals surface area contributed by atoms with Crippen LogP contribution in [0.25, 0.3) is 0 Å². The number of anilines is 1. The van der Waals surface area contributed by atoms with Crippen molar-refractivity contribution < 1.29 is 49.9 Å². The smallest absolute Gasteiger partial charge is 0.381 e. The lowest BCUT2D eigenvalue weighted by molar-refractivity contribution is -0.167. The highest BCUT2D eigenvalue weighted by Crippen LogP contribution is 2.36. The number of ether oxygens (including phenoxy) is 1. The van der Waals surface area contributed by atoms with Gasteiger partial charge in [0.15, 0.2) is 0 Å². The molecule has 2 aliphatic heterocycles. The Labute approximate surface area is 223 Å². The third-order valence-corrected chi connectivity index (χ3v) is 6.96. The number of para-hydroxylation sites is 1. The van der Waals surface area contributed by atoms with E-state index in [2.05, 4.69) is 5.32 Å². The average molecular weight is 575 g/mol. The monoisotopic (exact) mass is 575 g/mol. The second kappa shape index (κ2) is 11.1. The lowest BCUT2D eigenvalue weighted by atomic mass is 9.90. The molecule has 2 aromatic rings. The van der Waals surface area contributed by atoms with Crippen molar-refractivity contribution in [2.75, 3.05) is 18.5 Å². The molecule has 0 bridgehead atoms. The van der Waals surface area contributed by atoms with Crippen LogP contribution in [-0.4, -0.2) is 54.1 Å². The number of carbonyl (C=O) groups excluding carboxylic acids is 3. The summed E-state index contributed by atoms with van der Waals surface area (Å²) >= 11 is 0. The van der Waals surface area contributed by atoms with Crippen LogP contribution in [-0.2, 0) is 20.5 Å². The van der Waals surface area contributed by atoms with Gasteiger partial charge in [-0.1, -0.05) is 18.2 Å². The fraction of sp³-hybridized carbons (Fsp3) is 0.423. The van der Waals surface area contributed by atoms with Gasteiger partial charge in [0.25, 0.3) is 5.91 Å². The minimum Gasteiger partial charge on any atom is -0.381 e. The maximum Gasteiger partial charge on any atom is 0.471 e. The summed E-state index contributed by atoms with van der Waals surface area (Å²) in [5, 5.41) is 4.32. The summed E-state index contributed by atoms with van der Waals surface area (Å²) < 4.78 is 97.5. The molecule has 0 saturated carbocycles. The van der Waals surface area contributed by atoms with Crippen LogP contribution in [0, 0.1) is 11.7 Å². The van der Waals surface area contributed by atoms with E-state index in [1.165, 1.54) is 23.1 Å². The molecule has 0 aromatic heterocycles. The second-order valence-corrected chi connectivity index (χ2v) is 9.67. The number of amides is 3. The van der Waals surface area contributed by atoms with E-state index < -0.39 is 71.2 Å². The lowest BCUT2D eigenvalue weighted by Gasteiger charge is -2.36. The van der Waals surface area contributed by atoms with Gasteiger partial charge in [0.1, 0.15) is 11.9 Å². The van der Waals surface area contributed by atoms with Crippen LogP contribution in [0.3, 0.4) is 0 Å². The maximum atomic E-state index is 14.8. The first-order valence-corrected chi connectivity index (χ1v) is 12.2. The normalized spacial score (nSPS) is 20.6. The van der Waals surface area contributed by atoms with E-state index in [-0.39, 0.29) is 30.8 Å². The van der Waals surface area contributed by atoms with E-state index in [9.17, 15) is 45.1 Å². The number of rotatable bonds is 6. The van der Waals surface area contributed by atoms with Gasteiger partial charge in [-0.15, -0.1) is 0 Å². The fourth-order valence-electron chi connectivity index (χ4n) is 4.80. The van der Waals surface area contributed by atoms with E-state index in [0.717, 1.165) is 12.1 Å². The lowest BCUT2D eigenvalue weighted by Crippen LogP contribution is -2.51. The van der Waals surface area contributed by atoms with E-state index in [4.69, 9.17) is 4.74 Å². The highest BCUT2D eigenvalue weighted by Gasteiger charge is 2.43. The van der Waals surface area contributed by atoms with Gasteiger partial charge in [0, 0.05) is 17.5 Å². The molecule has 0 aliphatic carbocycles. The number of benzene rings is 2. The number of hydrogen-bond acceptors (Lipinski definition) is 4. The molecule has 216 valence electrons. The van der Waals surface area contributed by atoms with Crippen LogP contribution in [0.4, 0.5) is 36.4 Å². The Morgan fingerprint density at radius 1 is 1.00 bits per heavy atom. The van der Waals surface area contributed by atoms with Gasteiger partial charge in [0.2, 0.25) is 5.91 Å². The van der Waals surface area contributed by atoms with Crippen LogP contribution in [0.1, 0.15) is 47.3 Å². The Morgan fingerprint density at radius 2 is 1.68 bits per heavy atom. The van der Waals surface area contributed by atoms with Gasteiger partial charge >= 0.3 is 18.3 Å². The zero-order valence-corrected chi connectivity index (χ0v) is 20.9. The molecule has 2 aliphatic rings. The Hall–Kier alpha value is -3.68. The number of halogens is 7. The molecule has 40 heavy (non-hydrogen) atoms. The summed E-state index contributed by atoms with van der Waals surface area (Å²) in [6, 6.07) is 4.32.